The minimum absolute atomic E-state index is 0. The number of rotatable bonds is 5. The third-order valence-electron chi connectivity index (χ3n) is 3.50. The number of carbonyl (C=O) groups is 1. The lowest BCUT2D eigenvalue weighted by molar-refractivity contribution is -0.137. The van der Waals surface area contributed by atoms with Crippen LogP contribution in [0.4, 0.5) is 23.2 Å². The van der Waals surface area contributed by atoms with Crippen LogP contribution in [-0.2, 0) is 11.0 Å². The Kier molecular flexibility index (Phi) is 9.66. The van der Waals surface area contributed by atoms with Crippen LogP contribution in [0.2, 0.25) is 0 Å². The third-order valence-corrected chi connectivity index (χ3v) is 3.50. The first kappa shape index (κ1) is 25.9. The summed E-state index contributed by atoms with van der Waals surface area (Å²) in [5.74, 6) is -1.81. The summed E-state index contributed by atoms with van der Waals surface area (Å²) in [6.45, 7) is 3.55. The molecule has 0 aliphatic heterocycles. The molecular weight excluding hydrogens is 425 g/mol. The summed E-state index contributed by atoms with van der Waals surface area (Å²) in [7, 11) is 0. The number of anilines is 1. The van der Waals surface area contributed by atoms with E-state index in [4.69, 9.17) is 10.5 Å². The summed E-state index contributed by atoms with van der Waals surface area (Å²) in [6, 6.07) is 4.65. The molecule has 0 fully saturated rings. The minimum Gasteiger partial charge on any atom is -0.436 e. The quantitative estimate of drug-likeness (QED) is 0.650. The summed E-state index contributed by atoms with van der Waals surface area (Å²) in [5, 5.41) is 2.48. The van der Waals surface area contributed by atoms with E-state index in [-0.39, 0.29) is 48.0 Å². The molecule has 1 aromatic heterocycles. The van der Waals surface area contributed by atoms with Gasteiger partial charge in [0.25, 0.3) is 0 Å². The SMILES string of the molecule is CC(C)[C@H](N)C(=O)Nc1ccc(Oc2ccc(C(F)(F)F)cn2)c(F)c1.Cl.Cl. The van der Waals surface area contributed by atoms with Crippen molar-refractivity contribution in [3.63, 3.8) is 0 Å². The number of ether oxygens (including phenoxy) is 1. The van der Waals surface area contributed by atoms with Gasteiger partial charge < -0.3 is 15.8 Å². The maximum Gasteiger partial charge on any atom is 0.417 e. The van der Waals surface area contributed by atoms with Crippen LogP contribution in [0, 0.1) is 11.7 Å². The Bertz CT molecular complexity index is 787. The number of hydrogen-bond donors (Lipinski definition) is 2. The van der Waals surface area contributed by atoms with Crippen LogP contribution < -0.4 is 15.8 Å². The van der Waals surface area contributed by atoms with E-state index in [0.717, 1.165) is 18.2 Å². The number of hydrogen-bond acceptors (Lipinski definition) is 4. The molecule has 0 spiro atoms. The van der Waals surface area contributed by atoms with Crippen molar-refractivity contribution in [2.75, 3.05) is 5.32 Å². The van der Waals surface area contributed by atoms with Crippen LogP contribution >= 0.6 is 24.8 Å². The molecular formula is C17H19Cl2F4N3O2. The van der Waals surface area contributed by atoms with E-state index in [0.29, 0.717) is 6.20 Å². The van der Waals surface area contributed by atoms with E-state index < -0.39 is 29.5 Å². The molecule has 0 aliphatic rings. The molecule has 1 aromatic carbocycles. The lowest BCUT2D eigenvalue weighted by Gasteiger charge is -2.15. The van der Waals surface area contributed by atoms with Crippen LogP contribution in [0.3, 0.4) is 0 Å². The number of benzene rings is 1. The van der Waals surface area contributed by atoms with Gasteiger partial charge in [0, 0.05) is 24.0 Å². The molecule has 3 N–H and O–H groups in total. The highest BCUT2D eigenvalue weighted by molar-refractivity contribution is 5.94. The van der Waals surface area contributed by atoms with Gasteiger partial charge >= 0.3 is 6.18 Å². The van der Waals surface area contributed by atoms with Gasteiger partial charge in [-0.25, -0.2) is 9.37 Å². The van der Waals surface area contributed by atoms with Gasteiger partial charge in [-0.05, 0) is 24.1 Å². The number of alkyl halides is 3. The number of nitrogens with zero attached hydrogens (tertiary/aromatic N) is 1. The summed E-state index contributed by atoms with van der Waals surface area (Å²) in [6.07, 6.45) is -3.93. The molecule has 2 aromatic rings. The fourth-order valence-corrected chi connectivity index (χ4v) is 1.91. The van der Waals surface area contributed by atoms with Crippen LogP contribution in [0.5, 0.6) is 11.6 Å². The van der Waals surface area contributed by atoms with E-state index in [9.17, 15) is 22.4 Å². The van der Waals surface area contributed by atoms with Crippen molar-refractivity contribution < 1.29 is 27.1 Å². The smallest absolute Gasteiger partial charge is 0.417 e. The van der Waals surface area contributed by atoms with Gasteiger partial charge in [0.2, 0.25) is 11.8 Å². The maximum absolute atomic E-state index is 14.1. The number of aromatic nitrogens is 1. The predicted octanol–water partition coefficient (Wildman–Crippen LogP) is 4.80. The van der Waals surface area contributed by atoms with Gasteiger partial charge in [-0.15, -0.1) is 24.8 Å². The summed E-state index contributed by atoms with van der Waals surface area (Å²) < 4.78 is 56.7. The minimum atomic E-state index is -4.52. The normalized spacial score (nSPS) is 11.9. The highest BCUT2D eigenvalue weighted by Gasteiger charge is 2.30. The largest absolute Gasteiger partial charge is 0.436 e. The van der Waals surface area contributed by atoms with Crippen LogP contribution in [-0.4, -0.2) is 16.9 Å². The van der Waals surface area contributed by atoms with E-state index in [1.54, 1.807) is 13.8 Å². The summed E-state index contributed by atoms with van der Waals surface area (Å²) >= 11 is 0. The second kappa shape index (κ2) is 10.4. The van der Waals surface area contributed by atoms with Gasteiger partial charge in [0.1, 0.15) is 0 Å². The van der Waals surface area contributed by atoms with Crippen molar-refractivity contribution >= 4 is 36.4 Å². The Morgan fingerprint density at radius 2 is 1.82 bits per heavy atom. The number of amides is 1. The predicted molar refractivity (Wildman–Crippen MR) is 102 cm³/mol. The monoisotopic (exact) mass is 443 g/mol. The van der Waals surface area contributed by atoms with Gasteiger partial charge in [-0.2, -0.15) is 13.2 Å². The lowest BCUT2D eigenvalue weighted by Crippen LogP contribution is -2.39. The molecule has 28 heavy (non-hydrogen) atoms. The topological polar surface area (TPSA) is 77.2 Å². The second-order valence-electron chi connectivity index (χ2n) is 5.89. The molecule has 2 rings (SSSR count). The molecule has 0 saturated carbocycles. The second-order valence-corrected chi connectivity index (χ2v) is 5.89. The molecule has 0 radical (unpaired) electrons. The van der Waals surface area contributed by atoms with Gasteiger partial charge in [-0.1, -0.05) is 13.8 Å². The Balaban J connectivity index is 0.00000364. The molecule has 1 amide bonds. The van der Waals surface area contributed by atoms with Crippen molar-refractivity contribution in [3.8, 4) is 11.6 Å². The molecule has 1 atom stereocenters. The van der Waals surface area contributed by atoms with Gasteiger partial charge in [0.05, 0.1) is 11.6 Å². The summed E-state index contributed by atoms with van der Waals surface area (Å²) in [5.41, 5.74) is 4.94. The first-order valence-electron chi connectivity index (χ1n) is 7.65. The van der Waals surface area contributed by atoms with E-state index in [1.807, 2.05) is 0 Å². The first-order valence-corrected chi connectivity index (χ1v) is 7.65. The fraction of sp³-hybridized carbons (Fsp3) is 0.294. The zero-order valence-electron chi connectivity index (χ0n) is 14.8. The van der Waals surface area contributed by atoms with Crippen LogP contribution in [0.1, 0.15) is 19.4 Å². The Morgan fingerprint density at radius 1 is 1.18 bits per heavy atom. The highest BCUT2D eigenvalue weighted by atomic mass is 35.5. The molecule has 0 aliphatic carbocycles. The number of halogens is 6. The van der Waals surface area contributed by atoms with Crippen LogP contribution in [0.25, 0.3) is 0 Å². The molecule has 1 heterocycles. The van der Waals surface area contributed by atoms with Gasteiger partial charge in [0.15, 0.2) is 11.6 Å². The number of pyridine rings is 1. The number of nitrogens with one attached hydrogen (secondary N) is 1. The lowest BCUT2D eigenvalue weighted by atomic mass is 10.0. The van der Waals surface area contributed by atoms with Crippen LogP contribution in [0.15, 0.2) is 36.5 Å². The average molecular weight is 444 g/mol. The molecule has 0 unspecified atom stereocenters. The molecule has 0 saturated heterocycles. The summed E-state index contributed by atoms with van der Waals surface area (Å²) in [4.78, 5) is 15.4. The fourth-order valence-electron chi connectivity index (χ4n) is 1.91. The van der Waals surface area contributed by atoms with E-state index in [2.05, 4.69) is 10.3 Å². The average Bonchev–Trinajstić information content (AvgIpc) is 2.56. The Morgan fingerprint density at radius 3 is 2.29 bits per heavy atom. The van der Waals surface area contributed by atoms with Crippen molar-refractivity contribution in [2.24, 2.45) is 11.7 Å². The molecule has 11 heteroatoms. The van der Waals surface area contributed by atoms with Crippen molar-refractivity contribution in [3.05, 3.63) is 47.9 Å². The molecule has 5 nitrogen and oxygen atoms in total. The Hall–Kier alpha value is -2.10. The van der Waals surface area contributed by atoms with E-state index in [1.165, 1.54) is 12.1 Å². The molecule has 0 bridgehead atoms. The van der Waals surface area contributed by atoms with E-state index >= 15 is 0 Å². The Labute approximate surface area is 171 Å². The third kappa shape index (κ3) is 6.81. The first-order chi connectivity index (χ1) is 12.1. The van der Waals surface area contributed by atoms with Crippen molar-refractivity contribution in [2.45, 2.75) is 26.1 Å². The maximum atomic E-state index is 14.1. The van der Waals surface area contributed by atoms with Crippen molar-refractivity contribution in [1.82, 2.24) is 4.98 Å². The standard InChI is InChI=1S/C17H17F4N3O2.2ClH/c1-9(2)15(22)16(25)24-11-4-5-13(12(18)7-11)26-14-6-3-10(8-23-14)17(19,20)21;;/h3-9,15H,22H2,1-2H3,(H,24,25);2*1H/t15-;;/m0../s1. The number of carbonyl (C=O) groups excluding carboxylic acids is 1. The molecule has 156 valence electrons. The highest BCUT2D eigenvalue weighted by Crippen LogP contribution is 2.31. The zero-order chi connectivity index (χ0) is 19.5. The zero-order valence-corrected chi connectivity index (χ0v) is 16.4. The number of nitrogens with two attached hydrogens (primary N) is 1. The van der Waals surface area contributed by atoms with Crippen molar-refractivity contribution in [1.29, 1.82) is 0 Å². The van der Waals surface area contributed by atoms with Gasteiger partial charge in [-0.3, -0.25) is 4.79 Å².